The second-order valence-electron chi connectivity index (χ2n) is 8.32. The van der Waals surface area contributed by atoms with Crippen molar-refractivity contribution in [1.29, 1.82) is 0 Å². The van der Waals surface area contributed by atoms with Crippen LogP contribution in [0.3, 0.4) is 0 Å². The number of methoxy groups -OCH3 is 1. The Hall–Kier alpha value is -3.81. The van der Waals surface area contributed by atoms with E-state index in [1.807, 2.05) is 31.1 Å². The van der Waals surface area contributed by atoms with E-state index in [1.165, 1.54) is 42.3 Å². The zero-order chi connectivity index (χ0) is 26.1. The first-order chi connectivity index (χ1) is 17.1. The lowest BCUT2D eigenvalue weighted by Gasteiger charge is -2.26. The largest absolute Gasteiger partial charge is 0.507 e. The molecule has 9 heteroatoms. The number of ether oxygens (including phenoxy) is 1. The average molecular weight is 525 g/mol. The van der Waals surface area contributed by atoms with Gasteiger partial charge in [0.1, 0.15) is 5.76 Å². The Kier molecular flexibility index (Phi) is 7.06. The van der Waals surface area contributed by atoms with Crippen LogP contribution >= 0.6 is 23.2 Å². The van der Waals surface area contributed by atoms with Crippen LogP contribution in [0.2, 0.25) is 10.0 Å². The fourth-order valence-corrected chi connectivity index (χ4v) is 4.34. The maximum absolute atomic E-state index is 13.3. The summed E-state index contributed by atoms with van der Waals surface area (Å²) in [6.07, 6.45) is 0. The van der Waals surface area contributed by atoms with E-state index in [2.05, 4.69) is 0 Å². The van der Waals surface area contributed by atoms with E-state index in [1.54, 1.807) is 24.3 Å². The van der Waals surface area contributed by atoms with E-state index >= 15 is 0 Å². The van der Waals surface area contributed by atoms with Crippen LogP contribution in [-0.2, 0) is 14.3 Å². The summed E-state index contributed by atoms with van der Waals surface area (Å²) >= 11 is 12.2. The number of Topliss-reactive ketones (excluding diaryl/α,β-unsaturated/α-hetero) is 1. The zero-order valence-electron chi connectivity index (χ0n) is 19.7. The van der Waals surface area contributed by atoms with Gasteiger partial charge in [-0.25, -0.2) is 4.79 Å². The van der Waals surface area contributed by atoms with Crippen LogP contribution in [-0.4, -0.2) is 44.0 Å². The number of nitrogens with zero attached hydrogens (tertiary/aromatic N) is 2. The molecule has 3 aromatic carbocycles. The van der Waals surface area contributed by atoms with Crippen molar-refractivity contribution in [3.8, 4) is 0 Å². The summed E-state index contributed by atoms with van der Waals surface area (Å²) in [4.78, 5) is 41.7. The van der Waals surface area contributed by atoms with Gasteiger partial charge in [-0.15, -0.1) is 0 Å². The maximum atomic E-state index is 13.3. The monoisotopic (exact) mass is 524 g/mol. The molecule has 1 aliphatic rings. The van der Waals surface area contributed by atoms with Crippen LogP contribution in [0.4, 0.5) is 11.4 Å². The summed E-state index contributed by atoms with van der Waals surface area (Å²) in [5.74, 6) is -2.57. The Morgan fingerprint density at radius 2 is 1.53 bits per heavy atom. The third-order valence-electron chi connectivity index (χ3n) is 5.93. The van der Waals surface area contributed by atoms with E-state index in [0.717, 1.165) is 5.69 Å². The SMILES string of the molecule is COC(=O)c1ccc(N2C(=O)C(=O)/C(=C(\O)c3ccc(Cl)c(Cl)c3)C2c2ccc(N(C)C)cc2)cc1. The van der Waals surface area contributed by atoms with Crippen LogP contribution in [0.15, 0.2) is 72.3 Å². The number of carbonyl (C=O) groups is 3. The third-order valence-corrected chi connectivity index (χ3v) is 6.67. The number of carbonyl (C=O) groups excluding carboxylic acids is 3. The summed E-state index contributed by atoms with van der Waals surface area (Å²) < 4.78 is 4.74. The summed E-state index contributed by atoms with van der Waals surface area (Å²) in [5, 5.41) is 11.7. The Labute approximate surface area is 218 Å². The number of aliphatic hydroxyl groups excluding tert-OH is 1. The highest BCUT2D eigenvalue weighted by atomic mass is 35.5. The summed E-state index contributed by atoms with van der Waals surface area (Å²) in [6.45, 7) is 0. The molecule has 1 unspecified atom stereocenters. The second-order valence-corrected chi connectivity index (χ2v) is 9.14. The number of aliphatic hydroxyl groups is 1. The molecular weight excluding hydrogens is 503 g/mol. The van der Waals surface area contributed by atoms with Crippen LogP contribution < -0.4 is 9.80 Å². The van der Waals surface area contributed by atoms with Gasteiger partial charge in [0.25, 0.3) is 11.7 Å². The number of hydrogen-bond donors (Lipinski definition) is 1. The van der Waals surface area contributed by atoms with Crippen molar-refractivity contribution in [3.63, 3.8) is 0 Å². The van der Waals surface area contributed by atoms with Crippen LogP contribution in [0.1, 0.15) is 27.5 Å². The molecule has 0 bridgehead atoms. The van der Waals surface area contributed by atoms with Gasteiger partial charge in [-0.2, -0.15) is 0 Å². The Morgan fingerprint density at radius 3 is 2.08 bits per heavy atom. The van der Waals surface area contributed by atoms with Gasteiger partial charge in [0.05, 0.1) is 34.3 Å². The predicted octanol–water partition coefficient (Wildman–Crippen LogP) is 5.47. The third kappa shape index (κ3) is 4.55. The van der Waals surface area contributed by atoms with Crippen molar-refractivity contribution < 1.29 is 24.2 Å². The molecule has 36 heavy (non-hydrogen) atoms. The number of halogens is 2. The van der Waals surface area contributed by atoms with Crippen molar-refractivity contribution in [1.82, 2.24) is 0 Å². The number of benzene rings is 3. The number of ketones is 1. The molecular formula is C27H22Cl2N2O5. The summed E-state index contributed by atoms with van der Waals surface area (Å²) in [5.41, 5.74) is 2.35. The molecule has 7 nitrogen and oxygen atoms in total. The normalized spacial score (nSPS) is 16.8. The number of anilines is 2. The molecule has 4 rings (SSSR count). The lowest BCUT2D eigenvalue weighted by Crippen LogP contribution is -2.29. The summed E-state index contributed by atoms with van der Waals surface area (Å²) in [7, 11) is 5.07. The molecule has 1 heterocycles. The highest BCUT2D eigenvalue weighted by Gasteiger charge is 2.47. The van der Waals surface area contributed by atoms with E-state index in [-0.39, 0.29) is 26.9 Å². The molecule has 0 spiro atoms. The van der Waals surface area contributed by atoms with E-state index in [4.69, 9.17) is 27.9 Å². The standard InChI is InChI=1S/C27H22Cl2N2O5/c1-30(2)18-9-4-15(5-10-18)23-22(24(32)17-8-13-20(28)21(29)14-17)25(33)26(34)31(23)19-11-6-16(7-12-19)27(35)36-3/h4-14,23,32H,1-3H3/b24-22-. The highest BCUT2D eigenvalue weighted by Crippen LogP contribution is 2.43. The smallest absolute Gasteiger partial charge is 0.337 e. The number of amides is 1. The molecule has 0 aliphatic carbocycles. The van der Waals surface area contributed by atoms with Crippen LogP contribution in [0.25, 0.3) is 5.76 Å². The first kappa shape index (κ1) is 25.3. The van der Waals surface area contributed by atoms with Gasteiger partial charge in [-0.3, -0.25) is 14.5 Å². The minimum absolute atomic E-state index is 0.0898. The van der Waals surface area contributed by atoms with Crippen LogP contribution in [0, 0.1) is 0 Å². The van der Waals surface area contributed by atoms with Gasteiger partial charge in [0.2, 0.25) is 0 Å². The van der Waals surface area contributed by atoms with Gasteiger partial charge in [-0.1, -0.05) is 35.3 Å². The Balaban J connectivity index is 1.90. The fraction of sp³-hybridized carbons (Fsp3) is 0.148. The molecule has 0 saturated carbocycles. The zero-order valence-corrected chi connectivity index (χ0v) is 21.2. The van der Waals surface area contributed by atoms with E-state index in [9.17, 15) is 19.5 Å². The van der Waals surface area contributed by atoms with E-state index < -0.39 is 23.7 Å². The molecule has 3 aromatic rings. The van der Waals surface area contributed by atoms with Crippen molar-refractivity contribution in [2.45, 2.75) is 6.04 Å². The second kappa shape index (κ2) is 10.0. The van der Waals surface area contributed by atoms with Crippen molar-refractivity contribution in [2.24, 2.45) is 0 Å². The van der Waals surface area contributed by atoms with Crippen molar-refractivity contribution in [2.75, 3.05) is 31.0 Å². The predicted molar refractivity (Wildman–Crippen MR) is 140 cm³/mol. The lowest BCUT2D eigenvalue weighted by atomic mass is 9.95. The topological polar surface area (TPSA) is 87.1 Å². The molecule has 0 aromatic heterocycles. The average Bonchev–Trinajstić information content (AvgIpc) is 3.15. The molecule has 184 valence electrons. The molecule has 1 saturated heterocycles. The first-order valence-electron chi connectivity index (χ1n) is 10.9. The van der Waals surface area contributed by atoms with Gasteiger partial charge >= 0.3 is 5.97 Å². The quantitative estimate of drug-likeness (QED) is 0.206. The van der Waals surface area contributed by atoms with Gasteiger partial charge in [-0.05, 0) is 60.2 Å². The number of hydrogen-bond acceptors (Lipinski definition) is 6. The minimum Gasteiger partial charge on any atom is -0.507 e. The van der Waals surface area contributed by atoms with Crippen LogP contribution in [0.5, 0.6) is 0 Å². The Bertz CT molecular complexity index is 1380. The Morgan fingerprint density at radius 1 is 0.917 bits per heavy atom. The highest BCUT2D eigenvalue weighted by molar-refractivity contribution is 6.51. The molecule has 1 N–H and O–H groups in total. The molecule has 1 aliphatic heterocycles. The molecule has 1 atom stereocenters. The first-order valence-corrected chi connectivity index (χ1v) is 11.6. The molecule has 1 amide bonds. The van der Waals surface area contributed by atoms with Crippen molar-refractivity contribution >= 4 is 58.0 Å². The summed E-state index contributed by atoms with van der Waals surface area (Å²) in [6, 6.07) is 16.9. The van der Waals surface area contributed by atoms with Gasteiger partial charge in [0, 0.05) is 31.0 Å². The van der Waals surface area contributed by atoms with Gasteiger partial charge in [0.15, 0.2) is 0 Å². The molecule has 1 fully saturated rings. The lowest BCUT2D eigenvalue weighted by molar-refractivity contribution is -0.132. The van der Waals surface area contributed by atoms with Gasteiger partial charge < -0.3 is 14.7 Å². The van der Waals surface area contributed by atoms with Crippen molar-refractivity contribution in [3.05, 3.63) is 99.0 Å². The maximum Gasteiger partial charge on any atom is 0.337 e. The molecule has 0 radical (unpaired) electrons. The number of rotatable bonds is 5. The minimum atomic E-state index is -0.931. The number of esters is 1. The van der Waals surface area contributed by atoms with E-state index in [0.29, 0.717) is 16.8 Å². The fourth-order valence-electron chi connectivity index (χ4n) is 4.04.